The fourth-order valence-electron chi connectivity index (χ4n) is 4.08. The fraction of sp³-hybridized carbons (Fsp3) is 0.667. The maximum Gasteiger partial charge on any atom is 0.303 e. The van der Waals surface area contributed by atoms with Crippen molar-refractivity contribution >= 4 is 32.1 Å². The number of hydrogen-bond donors (Lipinski definition) is 1. The van der Waals surface area contributed by atoms with E-state index < -0.39 is 45.0 Å². The van der Waals surface area contributed by atoms with E-state index in [-0.39, 0.29) is 43.3 Å². The third-order valence-electron chi connectivity index (χ3n) is 5.37. The smallest absolute Gasteiger partial charge is 0.303 e. The third-order valence-corrected chi connectivity index (χ3v) is 7.44. The molecule has 1 aliphatic heterocycles. The molecular formula is C24H37N5O9P+. The number of ether oxygens (including phenoxy) is 3. The average molecular weight is 571 g/mol. The van der Waals surface area contributed by atoms with Crippen molar-refractivity contribution in [3.63, 3.8) is 0 Å². The first-order valence-electron chi connectivity index (χ1n) is 12.5. The lowest BCUT2D eigenvalue weighted by molar-refractivity contribution is -0.611. The van der Waals surface area contributed by atoms with Gasteiger partial charge in [0.15, 0.2) is 16.7 Å². The number of hydrogen-bond acceptors (Lipinski definition) is 11. The molecular weight excluding hydrogens is 533 g/mol. The lowest BCUT2D eigenvalue weighted by atomic mass is 10.1. The Balaban J connectivity index is 2.40. The summed E-state index contributed by atoms with van der Waals surface area (Å²) in [5, 5.41) is 11.4. The second kappa shape index (κ2) is 15.0. The van der Waals surface area contributed by atoms with E-state index in [1.807, 2.05) is 38.4 Å². The number of anilines is 1. The highest BCUT2D eigenvalue weighted by molar-refractivity contribution is 7.44. The third kappa shape index (κ3) is 9.33. The van der Waals surface area contributed by atoms with Crippen molar-refractivity contribution in [2.24, 2.45) is 0 Å². The van der Waals surface area contributed by atoms with Crippen molar-refractivity contribution in [3.05, 3.63) is 23.4 Å². The predicted molar refractivity (Wildman–Crippen MR) is 138 cm³/mol. The van der Waals surface area contributed by atoms with Crippen molar-refractivity contribution in [3.8, 4) is 6.07 Å². The fourth-order valence-corrected chi connectivity index (χ4v) is 5.70. The Labute approximate surface area is 228 Å². The Morgan fingerprint density at radius 1 is 1.13 bits per heavy atom. The Morgan fingerprint density at radius 2 is 1.74 bits per heavy atom. The van der Waals surface area contributed by atoms with E-state index in [0.29, 0.717) is 4.54 Å². The molecule has 1 aromatic rings. The van der Waals surface area contributed by atoms with Gasteiger partial charge in [0.25, 0.3) is 14.7 Å². The Hall–Kier alpha value is -2.95. The number of carbonyl (C=O) groups is 3. The Kier molecular flexibility index (Phi) is 12.4. The minimum absolute atomic E-state index is 0.0469. The zero-order chi connectivity index (χ0) is 29.3. The van der Waals surface area contributed by atoms with Gasteiger partial charge in [-0.25, -0.2) is 4.67 Å². The maximum atomic E-state index is 12.8. The van der Waals surface area contributed by atoms with Crippen molar-refractivity contribution in [1.29, 1.82) is 5.26 Å². The molecule has 15 heteroatoms. The van der Waals surface area contributed by atoms with Gasteiger partial charge >= 0.3 is 11.9 Å². The number of amides is 1. The first-order valence-corrected chi connectivity index (χ1v) is 13.6. The van der Waals surface area contributed by atoms with Gasteiger partial charge in [0, 0.05) is 32.9 Å². The zero-order valence-electron chi connectivity index (χ0n) is 23.2. The molecule has 5 atom stereocenters. The summed E-state index contributed by atoms with van der Waals surface area (Å²) in [4.78, 5) is 48.2. The minimum Gasteiger partial charge on any atom is -0.456 e. The Bertz CT molecular complexity index is 1100. The van der Waals surface area contributed by atoms with Crippen LogP contribution in [0.2, 0.25) is 0 Å². The predicted octanol–water partition coefficient (Wildman–Crippen LogP) is 2.41. The van der Waals surface area contributed by atoms with Gasteiger partial charge in [-0.15, -0.1) is 0 Å². The molecule has 0 aliphatic carbocycles. The minimum atomic E-state index is -1.65. The summed E-state index contributed by atoms with van der Waals surface area (Å²) in [5.41, 5.74) is 0.245. The van der Waals surface area contributed by atoms with E-state index in [0.717, 1.165) is 10.9 Å². The lowest BCUT2D eigenvalue weighted by Crippen LogP contribution is -2.43. The van der Waals surface area contributed by atoms with Gasteiger partial charge in [-0.05, 0) is 33.8 Å². The van der Waals surface area contributed by atoms with E-state index in [9.17, 15) is 19.3 Å². The van der Waals surface area contributed by atoms with Crippen molar-refractivity contribution in [1.82, 2.24) is 9.35 Å². The van der Waals surface area contributed by atoms with Gasteiger partial charge in [-0.2, -0.15) is 5.26 Å². The number of esters is 2. The van der Waals surface area contributed by atoms with Crippen LogP contribution in [0, 0.1) is 16.2 Å². The summed E-state index contributed by atoms with van der Waals surface area (Å²) in [6.07, 6.45) is -1.79. The number of nitrogens with one attached hydrogen (secondary N) is 1. The van der Waals surface area contributed by atoms with E-state index in [2.05, 4.69) is 5.32 Å². The highest BCUT2D eigenvalue weighted by Gasteiger charge is 2.52. The van der Waals surface area contributed by atoms with Crippen LogP contribution < -0.4 is 9.86 Å². The van der Waals surface area contributed by atoms with Gasteiger partial charge in [-0.1, -0.05) is 4.68 Å². The highest BCUT2D eigenvalue weighted by Crippen LogP contribution is 2.47. The van der Waals surface area contributed by atoms with Crippen LogP contribution in [0.4, 0.5) is 5.69 Å². The van der Waals surface area contributed by atoms with Crippen molar-refractivity contribution in [2.45, 2.75) is 91.5 Å². The van der Waals surface area contributed by atoms with Crippen LogP contribution in [0.25, 0.3) is 0 Å². The molecule has 0 saturated carbocycles. The van der Waals surface area contributed by atoms with Crippen LogP contribution in [0.1, 0.15) is 61.1 Å². The molecule has 1 saturated heterocycles. The molecule has 0 radical (unpaired) electrons. The largest absolute Gasteiger partial charge is 0.456 e. The summed E-state index contributed by atoms with van der Waals surface area (Å²) in [6.45, 7) is 11.7. The molecule has 1 aromatic heterocycles. The van der Waals surface area contributed by atoms with E-state index in [1.165, 1.54) is 33.0 Å². The molecule has 14 nitrogen and oxygen atoms in total. The monoisotopic (exact) mass is 570 g/mol. The van der Waals surface area contributed by atoms with Crippen molar-refractivity contribution in [2.75, 3.05) is 18.5 Å². The molecule has 0 bridgehead atoms. The molecule has 1 N–H and O–H groups in total. The number of aromatic nitrogens is 2. The Morgan fingerprint density at radius 3 is 2.26 bits per heavy atom. The van der Waals surface area contributed by atoms with Gasteiger partial charge in [0.1, 0.15) is 11.8 Å². The van der Waals surface area contributed by atoms with Crippen LogP contribution >= 0.6 is 8.53 Å². The summed E-state index contributed by atoms with van der Waals surface area (Å²) in [6, 6.07) is 3.60. The molecule has 0 aromatic carbocycles. The SMILES string of the molecule is CC(=O)Nc1ccn([C@@H]2O[C@H](COP(OCCC#N)N(C(C)C)C(C)C)[C@H](OC(C)=O)C2OC(C)=O)[n+](=O)c1. The van der Waals surface area contributed by atoms with Gasteiger partial charge in [0.2, 0.25) is 12.1 Å². The van der Waals surface area contributed by atoms with Crippen LogP contribution in [0.3, 0.4) is 0 Å². The molecule has 1 amide bonds. The van der Waals surface area contributed by atoms with Crippen LogP contribution in [-0.2, 0) is 37.6 Å². The van der Waals surface area contributed by atoms with Crippen LogP contribution in [0.5, 0.6) is 0 Å². The first-order chi connectivity index (χ1) is 18.3. The van der Waals surface area contributed by atoms with E-state index >= 15 is 0 Å². The molecule has 0 spiro atoms. The average Bonchev–Trinajstić information content (AvgIpc) is 3.12. The van der Waals surface area contributed by atoms with Gasteiger partial charge in [0.05, 0.1) is 36.8 Å². The highest BCUT2D eigenvalue weighted by atomic mass is 31.2. The summed E-state index contributed by atoms with van der Waals surface area (Å²) >= 11 is 0. The maximum absolute atomic E-state index is 12.8. The number of nitriles is 1. The van der Waals surface area contributed by atoms with E-state index in [1.54, 1.807) is 0 Å². The molecule has 1 aliphatic rings. The summed E-state index contributed by atoms with van der Waals surface area (Å²) in [5.74, 6) is -1.68. The summed E-state index contributed by atoms with van der Waals surface area (Å²) < 4.78 is 32.7. The standard InChI is InChI=1S/C24H36N5O9P/c1-15(2)29(16(3)4)39(34-12-8-10-25)35-14-21-22(36-18(6)31)23(37-19(7)32)24(38-21)27-11-9-20(13-28(27)33)26-17(5)30/h9,11,13,15-16,21-24H,8,12,14H2,1-7H3/p+1/t21-,22+,23?,24-,39?/m1/s1. The molecule has 2 heterocycles. The van der Waals surface area contributed by atoms with Gasteiger partial charge in [-0.3, -0.25) is 14.4 Å². The molecule has 216 valence electrons. The summed E-state index contributed by atoms with van der Waals surface area (Å²) in [7, 11) is -1.65. The molecule has 1 fully saturated rings. The molecule has 2 rings (SSSR count). The quantitative estimate of drug-likeness (QED) is 0.160. The topological polar surface area (TPSA) is 164 Å². The normalized spacial score (nSPS) is 21.6. The van der Waals surface area contributed by atoms with Crippen LogP contribution in [0.15, 0.2) is 18.5 Å². The van der Waals surface area contributed by atoms with E-state index in [4.69, 9.17) is 28.5 Å². The van der Waals surface area contributed by atoms with Crippen LogP contribution in [-0.4, -0.2) is 70.8 Å². The number of carbonyl (C=O) groups excluding carboxylic acids is 3. The van der Waals surface area contributed by atoms with Gasteiger partial charge < -0.3 is 28.6 Å². The molecule has 39 heavy (non-hydrogen) atoms. The number of nitrogens with zero attached hydrogens (tertiary/aromatic N) is 4. The second-order valence-electron chi connectivity index (χ2n) is 9.32. The molecule has 2 unspecified atom stereocenters. The van der Waals surface area contributed by atoms with Crippen molar-refractivity contribution < 1.29 is 42.2 Å². The number of rotatable bonds is 13. The lowest BCUT2D eigenvalue weighted by Gasteiger charge is -2.36. The second-order valence-corrected chi connectivity index (χ2v) is 10.8. The first kappa shape index (κ1) is 32.3. The zero-order valence-corrected chi connectivity index (χ0v) is 24.1.